The van der Waals surface area contributed by atoms with E-state index in [-0.39, 0.29) is 11.7 Å². The van der Waals surface area contributed by atoms with E-state index in [1.54, 1.807) is 18.2 Å². The number of halogens is 1. The summed E-state index contributed by atoms with van der Waals surface area (Å²) in [6, 6.07) is 12.4. The van der Waals surface area contributed by atoms with Crippen molar-refractivity contribution < 1.29 is 14.0 Å². The predicted molar refractivity (Wildman–Crippen MR) is 79.7 cm³/mol. The minimum atomic E-state index is -0.537. The van der Waals surface area contributed by atoms with E-state index in [1.807, 2.05) is 6.07 Å². The molecule has 0 atom stereocenters. The fraction of sp³-hybridized carbons (Fsp3) is 0.176. The van der Waals surface area contributed by atoms with E-state index in [0.717, 1.165) is 18.4 Å². The fourth-order valence-electron chi connectivity index (χ4n) is 2.47. The van der Waals surface area contributed by atoms with Gasteiger partial charge in [-0.3, -0.25) is 9.59 Å². The van der Waals surface area contributed by atoms with Gasteiger partial charge < -0.3 is 11.1 Å². The number of rotatable bonds is 4. The highest BCUT2D eigenvalue weighted by atomic mass is 19.1. The van der Waals surface area contributed by atoms with E-state index >= 15 is 0 Å². The average molecular weight is 298 g/mol. The normalized spacial score (nSPS) is 15.1. The highest BCUT2D eigenvalue weighted by Crippen LogP contribution is 2.45. The van der Waals surface area contributed by atoms with Gasteiger partial charge >= 0.3 is 0 Å². The van der Waals surface area contributed by atoms with Gasteiger partial charge in [0.15, 0.2) is 0 Å². The summed E-state index contributed by atoms with van der Waals surface area (Å²) < 4.78 is 13.3. The molecule has 5 heteroatoms. The number of amides is 2. The summed E-state index contributed by atoms with van der Waals surface area (Å²) in [5.41, 5.74) is 6.24. The van der Waals surface area contributed by atoms with Gasteiger partial charge in [-0.2, -0.15) is 0 Å². The Kier molecular flexibility index (Phi) is 3.41. The maximum Gasteiger partial charge on any atom is 0.251 e. The first-order valence-electron chi connectivity index (χ1n) is 6.99. The molecule has 1 saturated carbocycles. The van der Waals surface area contributed by atoms with Crippen molar-refractivity contribution in [1.82, 2.24) is 5.32 Å². The van der Waals surface area contributed by atoms with Crippen LogP contribution in [0.25, 0.3) is 0 Å². The van der Waals surface area contributed by atoms with Crippen LogP contribution in [0.4, 0.5) is 4.39 Å². The van der Waals surface area contributed by atoms with E-state index < -0.39 is 11.4 Å². The third kappa shape index (κ3) is 2.70. The van der Waals surface area contributed by atoms with Gasteiger partial charge in [-0.05, 0) is 54.8 Å². The van der Waals surface area contributed by atoms with E-state index in [0.29, 0.717) is 11.1 Å². The monoisotopic (exact) mass is 298 g/mol. The fourth-order valence-corrected chi connectivity index (χ4v) is 2.47. The quantitative estimate of drug-likeness (QED) is 0.909. The van der Waals surface area contributed by atoms with Crippen molar-refractivity contribution in [1.29, 1.82) is 0 Å². The lowest BCUT2D eigenvalue weighted by atomic mass is 10.0. The zero-order valence-electron chi connectivity index (χ0n) is 11.8. The molecule has 0 aliphatic heterocycles. The third-order valence-electron chi connectivity index (χ3n) is 3.91. The highest BCUT2D eigenvalue weighted by molar-refractivity contribution is 5.97. The van der Waals surface area contributed by atoms with Gasteiger partial charge in [0.1, 0.15) is 5.82 Å². The summed E-state index contributed by atoms with van der Waals surface area (Å²) in [4.78, 5) is 23.3. The maximum atomic E-state index is 13.3. The first-order valence-corrected chi connectivity index (χ1v) is 6.99. The van der Waals surface area contributed by atoms with E-state index in [4.69, 9.17) is 5.73 Å². The standard InChI is InChI=1S/C17H15FN2O2/c18-14-3-1-2-13(10-14)17(8-9-17)20-16(22)12-6-4-11(5-7-12)15(19)21/h1-7,10H,8-9H2,(H2,19,21)(H,20,22). The second kappa shape index (κ2) is 5.26. The molecule has 0 heterocycles. The molecular formula is C17H15FN2O2. The number of nitrogens with one attached hydrogen (secondary N) is 1. The molecule has 0 radical (unpaired) electrons. The Morgan fingerprint density at radius 1 is 1.05 bits per heavy atom. The Balaban J connectivity index is 1.78. The van der Waals surface area contributed by atoms with Crippen LogP contribution in [0.2, 0.25) is 0 Å². The van der Waals surface area contributed by atoms with Gasteiger partial charge in [0.05, 0.1) is 5.54 Å². The topological polar surface area (TPSA) is 72.2 Å². The van der Waals surface area contributed by atoms with Crippen LogP contribution in [-0.2, 0) is 5.54 Å². The van der Waals surface area contributed by atoms with Crippen LogP contribution in [0.3, 0.4) is 0 Å². The van der Waals surface area contributed by atoms with Crippen LogP contribution in [0, 0.1) is 5.82 Å². The van der Waals surface area contributed by atoms with E-state index in [1.165, 1.54) is 24.3 Å². The molecule has 1 fully saturated rings. The minimum Gasteiger partial charge on any atom is -0.366 e. The molecule has 3 rings (SSSR count). The number of hydrogen-bond donors (Lipinski definition) is 2. The molecule has 112 valence electrons. The molecule has 22 heavy (non-hydrogen) atoms. The van der Waals surface area contributed by atoms with Crippen molar-refractivity contribution in [3.63, 3.8) is 0 Å². The summed E-state index contributed by atoms with van der Waals surface area (Å²) in [6.45, 7) is 0. The first-order chi connectivity index (χ1) is 10.5. The smallest absolute Gasteiger partial charge is 0.251 e. The third-order valence-corrected chi connectivity index (χ3v) is 3.91. The second-order valence-electron chi connectivity index (χ2n) is 5.49. The van der Waals surface area contributed by atoms with Gasteiger partial charge in [-0.1, -0.05) is 12.1 Å². The molecule has 0 bridgehead atoms. The first kappa shape index (κ1) is 14.3. The minimum absolute atomic E-state index is 0.252. The summed E-state index contributed by atoms with van der Waals surface area (Å²) in [7, 11) is 0. The molecule has 2 amide bonds. The lowest BCUT2D eigenvalue weighted by molar-refractivity contribution is 0.0928. The Hall–Kier alpha value is -2.69. The van der Waals surface area contributed by atoms with Gasteiger partial charge in [0, 0.05) is 11.1 Å². The number of carbonyl (C=O) groups is 2. The zero-order chi connectivity index (χ0) is 15.7. The number of nitrogens with two attached hydrogens (primary N) is 1. The molecule has 1 aliphatic rings. The van der Waals surface area contributed by atoms with Crippen LogP contribution in [0.5, 0.6) is 0 Å². The van der Waals surface area contributed by atoms with Gasteiger partial charge in [-0.15, -0.1) is 0 Å². The van der Waals surface area contributed by atoms with Crippen molar-refractivity contribution in [3.05, 3.63) is 71.0 Å². The molecular weight excluding hydrogens is 283 g/mol. The average Bonchev–Trinajstić information content (AvgIpc) is 3.28. The van der Waals surface area contributed by atoms with Crippen molar-refractivity contribution >= 4 is 11.8 Å². The summed E-state index contributed by atoms with van der Waals surface area (Å²) >= 11 is 0. The Labute approximate surface area is 127 Å². The summed E-state index contributed by atoms with van der Waals surface area (Å²) in [5.74, 6) is -1.10. The second-order valence-corrected chi connectivity index (χ2v) is 5.49. The molecule has 0 saturated heterocycles. The largest absolute Gasteiger partial charge is 0.366 e. The SMILES string of the molecule is NC(=O)c1ccc(C(=O)NC2(c3cccc(F)c3)CC2)cc1. The zero-order valence-corrected chi connectivity index (χ0v) is 11.8. The Morgan fingerprint density at radius 2 is 1.68 bits per heavy atom. The highest BCUT2D eigenvalue weighted by Gasteiger charge is 2.45. The van der Waals surface area contributed by atoms with Crippen LogP contribution in [0.15, 0.2) is 48.5 Å². The molecule has 2 aromatic rings. The van der Waals surface area contributed by atoms with Crippen LogP contribution >= 0.6 is 0 Å². The lowest BCUT2D eigenvalue weighted by Crippen LogP contribution is -2.34. The number of carbonyl (C=O) groups excluding carboxylic acids is 2. The van der Waals surface area contributed by atoms with E-state index in [2.05, 4.69) is 5.32 Å². The molecule has 0 spiro atoms. The molecule has 3 N–H and O–H groups in total. The van der Waals surface area contributed by atoms with Gasteiger partial charge in [0.2, 0.25) is 5.91 Å². The molecule has 0 aromatic heterocycles. The van der Waals surface area contributed by atoms with Crippen LogP contribution < -0.4 is 11.1 Å². The number of primary amides is 1. The molecule has 4 nitrogen and oxygen atoms in total. The van der Waals surface area contributed by atoms with Crippen molar-refractivity contribution in [2.45, 2.75) is 18.4 Å². The number of hydrogen-bond acceptors (Lipinski definition) is 2. The van der Waals surface area contributed by atoms with Gasteiger partial charge in [-0.25, -0.2) is 4.39 Å². The maximum absolute atomic E-state index is 13.3. The van der Waals surface area contributed by atoms with Crippen molar-refractivity contribution in [2.75, 3.05) is 0 Å². The predicted octanol–water partition coefficient (Wildman–Crippen LogP) is 2.34. The van der Waals surface area contributed by atoms with Crippen molar-refractivity contribution in [2.24, 2.45) is 5.73 Å². The molecule has 2 aromatic carbocycles. The molecule has 0 unspecified atom stereocenters. The molecule has 1 aliphatic carbocycles. The van der Waals surface area contributed by atoms with Gasteiger partial charge in [0.25, 0.3) is 5.91 Å². The Bertz CT molecular complexity index is 737. The van der Waals surface area contributed by atoms with E-state index in [9.17, 15) is 14.0 Å². The summed E-state index contributed by atoms with van der Waals surface area (Å²) in [5, 5.41) is 2.95. The Morgan fingerprint density at radius 3 is 2.23 bits per heavy atom. The number of benzene rings is 2. The van der Waals surface area contributed by atoms with Crippen molar-refractivity contribution in [3.8, 4) is 0 Å². The summed E-state index contributed by atoms with van der Waals surface area (Å²) in [6.07, 6.45) is 1.56. The lowest BCUT2D eigenvalue weighted by Gasteiger charge is -2.18. The van der Waals surface area contributed by atoms with Crippen LogP contribution in [0.1, 0.15) is 39.1 Å². The van der Waals surface area contributed by atoms with Crippen LogP contribution in [-0.4, -0.2) is 11.8 Å².